The third kappa shape index (κ3) is 2.23. The lowest BCUT2D eigenvalue weighted by Gasteiger charge is -2.54. The standard InChI is InChI=1S/C15H24N2/c1-4-9-17-14-11-12(15(14,3)5-2)13-8-6-7-10-16-13/h6-8,10,12,14,17H,4-5,9,11H2,1-3H3. The summed E-state index contributed by atoms with van der Waals surface area (Å²) >= 11 is 0. The van der Waals surface area contributed by atoms with E-state index in [0.717, 1.165) is 6.54 Å². The van der Waals surface area contributed by atoms with E-state index in [1.807, 2.05) is 12.3 Å². The SMILES string of the molecule is CCCNC1CC(c2ccccn2)C1(C)CC. The van der Waals surface area contributed by atoms with Crippen LogP contribution in [0, 0.1) is 5.41 Å². The smallest absolute Gasteiger partial charge is 0.0441 e. The predicted molar refractivity (Wildman–Crippen MR) is 72.1 cm³/mol. The fraction of sp³-hybridized carbons (Fsp3) is 0.667. The van der Waals surface area contributed by atoms with Crippen LogP contribution >= 0.6 is 0 Å². The second kappa shape index (κ2) is 5.18. The van der Waals surface area contributed by atoms with E-state index in [-0.39, 0.29) is 0 Å². The van der Waals surface area contributed by atoms with Crippen molar-refractivity contribution >= 4 is 0 Å². The fourth-order valence-electron chi connectivity index (χ4n) is 3.03. The van der Waals surface area contributed by atoms with Crippen LogP contribution in [-0.4, -0.2) is 17.6 Å². The lowest BCUT2D eigenvalue weighted by Crippen LogP contribution is -2.57. The highest BCUT2D eigenvalue weighted by molar-refractivity contribution is 5.21. The minimum atomic E-state index is 0.378. The second-order valence-electron chi connectivity index (χ2n) is 5.41. The van der Waals surface area contributed by atoms with Crippen LogP contribution in [0.3, 0.4) is 0 Å². The van der Waals surface area contributed by atoms with Crippen LogP contribution in [0.5, 0.6) is 0 Å². The van der Waals surface area contributed by atoms with Crippen molar-refractivity contribution in [2.24, 2.45) is 5.41 Å². The largest absolute Gasteiger partial charge is 0.313 e. The van der Waals surface area contributed by atoms with E-state index in [0.29, 0.717) is 17.4 Å². The molecule has 1 aromatic heterocycles. The highest BCUT2D eigenvalue weighted by Crippen LogP contribution is 2.54. The molecule has 2 nitrogen and oxygen atoms in total. The number of hydrogen-bond acceptors (Lipinski definition) is 2. The third-order valence-corrected chi connectivity index (χ3v) is 4.51. The van der Waals surface area contributed by atoms with Crippen molar-refractivity contribution in [3.63, 3.8) is 0 Å². The molecule has 1 heterocycles. The fourth-order valence-corrected chi connectivity index (χ4v) is 3.03. The Morgan fingerprint density at radius 2 is 2.24 bits per heavy atom. The number of rotatable bonds is 5. The highest BCUT2D eigenvalue weighted by atomic mass is 15.0. The van der Waals surface area contributed by atoms with E-state index in [2.05, 4.69) is 43.2 Å². The molecule has 3 unspecified atom stereocenters. The first-order valence-electron chi connectivity index (χ1n) is 6.86. The topological polar surface area (TPSA) is 24.9 Å². The molecular weight excluding hydrogens is 208 g/mol. The first kappa shape index (κ1) is 12.6. The molecule has 2 rings (SSSR count). The number of nitrogens with zero attached hydrogens (tertiary/aromatic N) is 1. The molecular formula is C15H24N2. The summed E-state index contributed by atoms with van der Waals surface area (Å²) in [6.07, 6.45) is 5.58. The van der Waals surface area contributed by atoms with Gasteiger partial charge < -0.3 is 5.32 Å². The summed E-state index contributed by atoms with van der Waals surface area (Å²) in [4.78, 5) is 4.53. The van der Waals surface area contributed by atoms with Gasteiger partial charge in [-0.2, -0.15) is 0 Å². The summed E-state index contributed by atoms with van der Waals surface area (Å²) in [7, 11) is 0. The molecule has 1 N–H and O–H groups in total. The molecule has 1 aliphatic rings. The molecule has 17 heavy (non-hydrogen) atoms. The molecule has 0 spiro atoms. The first-order valence-corrected chi connectivity index (χ1v) is 6.86. The summed E-state index contributed by atoms with van der Waals surface area (Å²) in [5.74, 6) is 0.628. The molecule has 0 bridgehead atoms. The summed E-state index contributed by atoms with van der Waals surface area (Å²) < 4.78 is 0. The summed E-state index contributed by atoms with van der Waals surface area (Å²) in [6, 6.07) is 6.94. The molecule has 0 saturated heterocycles. The Morgan fingerprint density at radius 1 is 1.41 bits per heavy atom. The van der Waals surface area contributed by atoms with Crippen LogP contribution < -0.4 is 5.32 Å². The lowest BCUT2D eigenvalue weighted by atomic mass is 9.55. The van der Waals surface area contributed by atoms with Crippen LogP contribution in [0.1, 0.15) is 51.6 Å². The van der Waals surface area contributed by atoms with E-state index >= 15 is 0 Å². The van der Waals surface area contributed by atoms with Crippen molar-refractivity contribution in [1.29, 1.82) is 0 Å². The van der Waals surface area contributed by atoms with Gasteiger partial charge in [0.25, 0.3) is 0 Å². The zero-order valence-corrected chi connectivity index (χ0v) is 11.2. The number of aromatic nitrogens is 1. The van der Waals surface area contributed by atoms with Gasteiger partial charge >= 0.3 is 0 Å². The van der Waals surface area contributed by atoms with Crippen LogP contribution in [0.2, 0.25) is 0 Å². The Morgan fingerprint density at radius 3 is 2.82 bits per heavy atom. The van der Waals surface area contributed by atoms with Gasteiger partial charge in [0, 0.05) is 23.9 Å². The zero-order chi connectivity index (χ0) is 12.3. The van der Waals surface area contributed by atoms with Crippen molar-refractivity contribution in [3.05, 3.63) is 30.1 Å². The minimum Gasteiger partial charge on any atom is -0.313 e. The normalized spacial score (nSPS) is 32.2. The molecule has 0 aromatic carbocycles. The van der Waals surface area contributed by atoms with Gasteiger partial charge in [-0.05, 0) is 43.4 Å². The van der Waals surface area contributed by atoms with Gasteiger partial charge in [0.05, 0.1) is 0 Å². The highest BCUT2D eigenvalue weighted by Gasteiger charge is 2.50. The molecule has 0 aliphatic heterocycles. The number of nitrogens with one attached hydrogen (secondary N) is 1. The lowest BCUT2D eigenvalue weighted by molar-refractivity contribution is 0.0421. The zero-order valence-electron chi connectivity index (χ0n) is 11.2. The molecule has 1 saturated carbocycles. The van der Waals surface area contributed by atoms with Gasteiger partial charge in [0.2, 0.25) is 0 Å². The minimum absolute atomic E-state index is 0.378. The average molecular weight is 232 g/mol. The van der Waals surface area contributed by atoms with E-state index in [9.17, 15) is 0 Å². The number of pyridine rings is 1. The van der Waals surface area contributed by atoms with Gasteiger partial charge in [-0.3, -0.25) is 4.98 Å². The first-order chi connectivity index (χ1) is 8.22. The van der Waals surface area contributed by atoms with Crippen LogP contribution in [0.4, 0.5) is 0 Å². The van der Waals surface area contributed by atoms with Gasteiger partial charge in [0.15, 0.2) is 0 Å². The Bertz CT molecular complexity index is 349. The van der Waals surface area contributed by atoms with Crippen molar-refractivity contribution in [2.45, 2.75) is 52.0 Å². The molecule has 3 atom stereocenters. The molecule has 2 heteroatoms. The third-order valence-electron chi connectivity index (χ3n) is 4.51. The Hall–Kier alpha value is -0.890. The summed E-state index contributed by atoms with van der Waals surface area (Å²) in [5.41, 5.74) is 1.65. The van der Waals surface area contributed by atoms with Crippen molar-refractivity contribution < 1.29 is 0 Å². The monoisotopic (exact) mass is 232 g/mol. The quantitative estimate of drug-likeness (QED) is 0.842. The molecule has 0 radical (unpaired) electrons. The van der Waals surface area contributed by atoms with Crippen molar-refractivity contribution in [3.8, 4) is 0 Å². The maximum atomic E-state index is 4.53. The Balaban J connectivity index is 2.07. The maximum Gasteiger partial charge on any atom is 0.0441 e. The second-order valence-corrected chi connectivity index (χ2v) is 5.41. The Kier molecular flexibility index (Phi) is 3.82. The van der Waals surface area contributed by atoms with Crippen LogP contribution in [-0.2, 0) is 0 Å². The predicted octanol–water partition coefficient (Wildman–Crippen LogP) is 3.35. The molecule has 1 aliphatic carbocycles. The van der Waals surface area contributed by atoms with E-state index in [4.69, 9.17) is 0 Å². The Labute approximate surface area is 105 Å². The van der Waals surface area contributed by atoms with Gasteiger partial charge in [-0.25, -0.2) is 0 Å². The molecule has 1 aromatic rings. The maximum absolute atomic E-state index is 4.53. The van der Waals surface area contributed by atoms with Crippen molar-refractivity contribution in [2.75, 3.05) is 6.54 Å². The van der Waals surface area contributed by atoms with Gasteiger partial charge in [0.1, 0.15) is 0 Å². The van der Waals surface area contributed by atoms with Crippen LogP contribution in [0.15, 0.2) is 24.4 Å². The van der Waals surface area contributed by atoms with E-state index < -0.39 is 0 Å². The van der Waals surface area contributed by atoms with E-state index in [1.165, 1.54) is 25.0 Å². The van der Waals surface area contributed by atoms with E-state index in [1.54, 1.807) is 0 Å². The molecule has 94 valence electrons. The average Bonchev–Trinajstić information content (AvgIpc) is 2.38. The van der Waals surface area contributed by atoms with Gasteiger partial charge in [-0.15, -0.1) is 0 Å². The number of hydrogen-bond donors (Lipinski definition) is 1. The molecule has 0 amide bonds. The molecule has 1 fully saturated rings. The summed E-state index contributed by atoms with van der Waals surface area (Å²) in [6.45, 7) is 8.07. The van der Waals surface area contributed by atoms with Crippen LogP contribution in [0.25, 0.3) is 0 Å². The van der Waals surface area contributed by atoms with Crippen molar-refractivity contribution in [1.82, 2.24) is 10.3 Å². The summed E-state index contributed by atoms with van der Waals surface area (Å²) in [5, 5.41) is 3.68. The van der Waals surface area contributed by atoms with Gasteiger partial charge in [-0.1, -0.05) is 26.8 Å².